The largest absolute Gasteiger partial charge is 0.457 e. The average Bonchev–Trinajstić information content (AvgIpc) is 2.39. The van der Waals surface area contributed by atoms with E-state index in [4.69, 9.17) is 15.6 Å². The summed E-state index contributed by atoms with van der Waals surface area (Å²) in [6.07, 6.45) is 0. The maximum Gasteiger partial charge on any atom is 0.135 e. The minimum absolute atomic E-state index is 0.0225. The van der Waals surface area contributed by atoms with Crippen molar-refractivity contribution < 1.29 is 14.2 Å². The molecule has 0 amide bonds. The van der Waals surface area contributed by atoms with E-state index in [2.05, 4.69) is 0 Å². The molecule has 0 radical (unpaired) electrons. The molecule has 0 heterocycles. The summed E-state index contributed by atoms with van der Waals surface area (Å²) in [5.41, 5.74) is 6.91. The first kappa shape index (κ1) is 13.5. The summed E-state index contributed by atoms with van der Waals surface area (Å²) < 4.78 is 19.4. The first-order chi connectivity index (χ1) is 9.11. The van der Waals surface area contributed by atoms with Crippen molar-refractivity contribution in [3.05, 3.63) is 59.4 Å². The molecule has 0 saturated carbocycles. The number of aliphatic hydroxyl groups excluding tert-OH is 1. The summed E-state index contributed by atoms with van der Waals surface area (Å²) >= 11 is 0. The lowest BCUT2D eigenvalue weighted by Crippen LogP contribution is -2.09. The molecule has 0 saturated heterocycles. The van der Waals surface area contributed by atoms with Gasteiger partial charge in [0.15, 0.2) is 0 Å². The number of halogens is 1. The molecule has 0 aliphatic heterocycles. The maximum atomic E-state index is 13.7. The Morgan fingerprint density at radius 2 is 1.89 bits per heavy atom. The zero-order valence-electron chi connectivity index (χ0n) is 10.6. The topological polar surface area (TPSA) is 55.5 Å². The van der Waals surface area contributed by atoms with Gasteiger partial charge in [-0.25, -0.2) is 4.39 Å². The van der Waals surface area contributed by atoms with Crippen LogP contribution < -0.4 is 10.5 Å². The molecule has 1 atom stereocenters. The smallest absolute Gasteiger partial charge is 0.135 e. The highest BCUT2D eigenvalue weighted by atomic mass is 19.1. The van der Waals surface area contributed by atoms with Crippen LogP contribution in [0.1, 0.15) is 24.1 Å². The lowest BCUT2D eigenvalue weighted by atomic mass is 10.1. The fourth-order valence-electron chi connectivity index (χ4n) is 1.84. The summed E-state index contributed by atoms with van der Waals surface area (Å²) in [5, 5.41) is 8.96. The highest BCUT2D eigenvalue weighted by Crippen LogP contribution is 2.30. The van der Waals surface area contributed by atoms with Crippen molar-refractivity contribution >= 4 is 0 Å². The average molecular weight is 261 g/mol. The molecule has 3 N–H and O–H groups in total. The van der Waals surface area contributed by atoms with Gasteiger partial charge in [0.2, 0.25) is 0 Å². The number of nitrogens with two attached hydrogens (primary N) is 1. The zero-order valence-corrected chi connectivity index (χ0v) is 10.6. The van der Waals surface area contributed by atoms with Crippen LogP contribution in [0.2, 0.25) is 0 Å². The standard InChI is InChI=1S/C15H16FNO2/c1-10(17)15-13(16)3-2-4-14(15)19-12-7-5-11(9-18)6-8-12/h2-8,10,18H,9,17H2,1H3. The lowest BCUT2D eigenvalue weighted by molar-refractivity contribution is 0.281. The van der Waals surface area contributed by atoms with Gasteiger partial charge in [-0.05, 0) is 36.8 Å². The van der Waals surface area contributed by atoms with Gasteiger partial charge in [0.25, 0.3) is 0 Å². The van der Waals surface area contributed by atoms with Gasteiger partial charge in [-0.15, -0.1) is 0 Å². The molecule has 0 bridgehead atoms. The SMILES string of the molecule is CC(N)c1c(F)cccc1Oc1ccc(CO)cc1. The van der Waals surface area contributed by atoms with Crippen LogP contribution in [-0.2, 0) is 6.61 Å². The molecular formula is C15H16FNO2. The van der Waals surface area contributed by atoms with Crippen molar-refractivity contribution in [2.24, 2.45) is 5.73 Å². The molecule has 1 unspecified atom stereocenters. The van der Waals surface area contributed by atoms with E-state index in [0.29, 0.717) is 17.1 Å². The second kappa shape index (κ2) is 5.82. The van der Waals surface area contributed by atoms with Crippen LogP contribution in [0.3, 0.4) is 0 Å². The Kier molecular flexibility index (Phi) is 4.14. The van der Waals surface area contributed by atoms with Gasteiger partial charge in [0.1, 0.15) is 17.3 Å². The van der Waals surface area contributed by atoms with Gasteiger partial charge < -0.3 is 15.6 Å². The van der Waals surface area contributed by atoms with Gasteiger partial charge in [0, 0.05) is 11.6 Å². The second-order valence-electron chi connectivity index (χ2n) is 4.34. The minimum atomic E-state index is -0.451. The molecule has 0 aliphatic rings. The molecule has 0 fully saturated rings. The summed E-state index contributed by atoms with van der Waals surface area (Å²) in [6.45, 7) is 1.69. The van der Waals surface area contributed by atoms with Crippen LogP contribution in [0.5, 0.6) is 11.5 Å². The minimum Gasteiger partial charge on any atom is -0.457 e. The molecule has 3 nitrogen and oxygen atoms in total. The van der Waals surface area contributed by atoms with Crippen molar-refractivity contribution in [1.29, 1.82) is 0 Å². The van der Waals surface area contributed by atoms with E-state index in [1.54, 1.807) is 43.3 Å². The number of rotatable bonds is 4. The van der Waals surface area contributed by atoms with Crippen LogP contribution in [0.15, 0.2) is 42.5 Å². The van der Waals surface area contributed by atoms with Gasteiger partial charge >= 0.3 is 0 Å². The van der Waals surface area contributed by atoms with Crippen LogP contribution in [-0.4, -0.2) is 5.11 Å². The fraction of sp³-hybridized carbons (Fsp3) is 0.200. The number of ether oxygens (including phenoxy) is 1. The molecule has 100 valence electrons. The Hall–Kier alpha value is -1.91. The van der Waals surface area contributed by atoms with Crippen molar-refractivity contribution in [1.82, 2.24) is 0 Å². The van der Waals surface area contributed by atoms with Crippen molar-refractivity contribution in [2.45, 2.75) is 19.6 Å². The van der Waals surface area contributed by atoms with Crippen LogP contribution in [0, 0.1) is 5.82 Å². The van der Waals surface area contributed by atoms with E-state index >= 15 is 0 Å². The normalized spacial score (nSPS) is 12.2. The predicted octanol–water partition coefficient (Wildman–Crippen LogP) is 3.13. The molecule has 0 spiro atoms. The van der Waals surface area contributed by atoms with E-state index in [-0.39, 0.29) is 12.4 Å². The molecule has 0 aromatic heterocycles. The Morgan fingerprint density at radius 1 is 1.21 bits per heavy atom. The third-order valence-electron chi connectivity index (χ3n) is 2.80. The number of hydrogen-bond acceptors (Lipinski definition) is 3. The second-order valence-corrected chi connectivity index (χ2v) is 4.34. The number of aliphatic hydroxyl groups is 1. The van der Waals surface area contributed by atoms with Crippen molar-refractivity contribution in [3.63, 3.8) is 0 Å². The zero-order chi connectivity index (χ0) is 13.8. The Morgan fingerprint density at radius 3 is 2.47 bits per heavy atom. The Bertz CT molecular complexity index is 553. The Labute approximate surface area is 111 Å². The molecule has 2 aromatic carbocycles. The van der Waals surface area contributed by atoms with Crippen LogP contribution >= 0.6 is 0 Å². The first-order valence-corrected chi connectivity index (χ1v) is 6.03. The molecule has 2 rings (SSSR count). The first-order valence-electron chi connectivity index (χ1n) is 6.03. The summed E-state index contributed by atoms with van der Waals surface area (Å²) in [4.78, 5) is 0. The van der Waals surface area contributed by atoms with E-state index in [1.807, 2.05) is 0 Å². The van der Waals surface area contributed by atoms with Gasteiger partial charge in [-0.3, -0.25) is 0 Å². The monoisotopic (exact) mass is 261 g/mol. The van der Waals surface area contributed by atoms with Gasteiger partial charge in [-0.1, -0.05) is 18.2 Å². The van der Waals surface area contributed by atoms with E-state index in [1.165, 1.54) is 6.07 Å². The lowest BCUT2D eigenvalue weighted by Gasteiger charge is -2.14. The fourth-order valence-corrected chi connectivity index (χ4v) is 1.84. The van der Waals surface area contributed by atoms with E-state index < -0.39 is 6.04 Å². The quantitative estimate of drug-likeness (QED) is 0.889. The number of hydrogen-bond donors (Lipinski definition) is 2. The third kappa shape index (κ3) is 3.10. The summed E-state index contributed by atoms with van der Waals surface area (Å²) in [5.74, 6) is 0.607. The van der Waals surface area contributed by atoms with Crippen LogP contribution in [0.4, 0.5) is 4.39 Å². The number of benzene rings is 2. The summed E-state index contributed by atoms with van der Waals surface area (Å²) in [7, 11) is 0. The van der Waals surface area contributed by atoms with E-state index in [9.17, 15) is 4.39 Å². The summed E-state index contributed by atoms with van der Waals surface area (Å²) in [6, 6.07) is 11.1. The molecule has 4 heteroatoms. The molecule has 0 aliphatic carbocycles. The molecular weight excluding hydrogens is 245 g/mol. The van der Waals surface area contributed by atoms with Crippen LogP contribution in [0.25, 0.3) is 0 Å². The highest BCUT2D eigenvalue weighted by Gasteiger charge is 2.14. The molecule has 19 heavy (non-hydrogen) atoms. The molecule has 2 aromatic rings. The predicted molar refractivity (Wildman–Crippen MR) is 71.4 cm³/mol. The Balaban J connectivity index is 2.29. The highest BCUT2D eigenvalue weighted by molar-refractivity contribution is 5.40. The van der Waals surface area contributed by atoms with Gasteiger partial charge in [0.05, 0.1) is 6.61 Å². The van der Waals surface area contributed by atoms with E-state index in [0.717, 1.165) is 5.56 Å². The van der Waals surface area contributed by atoms with Crippen molar-refractivity contribution in [2.75, 3.05) is 0 Å². The maximum absolute atomic E-state index is 13.7. The van der Waals surface area contributed by atoms with Crippen molar-refractivity contribution in [3.8, 4) is 11.5 Å². The third-order valence-corrected chi connectivity index (χ3v) is 2.80. The van der Waals surface area contributed by atoms with Gasteiger partial charge in [-0.2, -0.15) is 0 Å².